The van der Waals surface area contributed by atoms with Crippen LogP contribution in [0.25, 0.3) is 10.9 Å². The summed E-state index contributed by atoms with van der Waals surface area (Å²) in [7, 11) is 0. The van der Waals surface area contributed by atoms with Gasteiger partial charge in [-0.1, -0.05) is 44.2 Å². The molecule has 2 saturated heterocycles. The number of nitrogens with zero attached hydrogens (tertiary/aromatic N) is 3. The van der Waals surface area contributed by atoms with Gasteiger partial charge in [0.15, 0.2) is 5.96 Å². The number of H-pyrrole nitrogens is 2. The Balaban J connectivity index is 0.00000357. The smallest absolute Gasteiger partial charge is 0.300 e. The molecule has 2 fully saturated rings. The Morgan fingerprint density at radius 3 is 1.93 bits per heavy atom. The molecule has 0 unspecified atom stereocenters. The Kier molecular flexibility index (Phi) is 27.0. The number of para-hydroxylation sites is 1. The van der Waals surface area contributed by atoms with E-state index in [0.29, 0.717) is 34.1 Å². The predicted octanol–water partition coefficient (Wildman–Crippen LogP) is -3.91. The van der Waals surface area contributed by atoms with Crippen LogP contribution in [0.15, 0.2) is 72.2 Å². The van der Waals surface area contributed by atoms with Gasteiger partial charge in [-0.15, -0.1) is 0 Å². The SMILES string of the molecule is CC(=O)O.CC(C)C[C@H](NC(=O)[C@@H](C)NC(=O)[C@H](Cc1ccc(O)cc1)NC(=O)[C@H](CO)NC(=O)[C@H](Cc1c[nH]c2ccccc12)NC(=O)[C@H](Cc1cnc[nH]1)NC(=O)[C@@H]1CCC(=O)N1)C(=O)N[C@@H](CCCN=C(N)N)C(=O)N1CCC[C@H]1C(=O)NCC(N)=O. The molecule has 2 aliphatic heterocycles. The number of hydrogen-bond acceptors (Lipinski definition) is 16. The first-order valence-corrected chi connectivity index (χ1v) is 29.2. The van der Waals surface area contributed by atoms with Crippen LogP contribution >= 0.6 is 0 Å². The van der Waals surface area contributed by atoms with Crippen molar-refractivity contribution < 1.29 is 72.9 Å². The number of carbonyl (C=O) groups excluding carboxylic acids is 11. The summed E-state index contributed by atoms with van der Waals surface area (Å²) in [5.74, 6) is -9.72. The molecule has 0 bridgehead atoms. The summed E-state index contributed by atoms with van der Waals surface area (Å²) in [6, 6.07) is 0.931. The number of hydrogen-bond donors (Lipinski definition) is 17. The summed E-state index contributed by atoms with van der Waals surface area (Å²) in [5.41, 5.74) is 18.4. The van der Waals surface area contributed by atoms with Crippen LogP contribution in [0, 0.1) is 5.92 Å². The third-order valence-electron chi connectivity index (χ3n) is 14.4. The van der Waals surface area contributed by atoms with Gasteiger partial charge in [0.25, 0.3) is 5.97 Å². The molecule has 9 atom stereocenters. The van der Waals surface area contributed by atoms with Crippen molar-refractivity contribution in [1.82, 2.24) is 67.7 Å². The summed E-state index contributed by atoms with van der Waals surface area (Å²) in [4.78, 5) is 174. The predicted molar refractivity (Wildman–Crippen MR) is 323 cm³/mol. The van der Waals surface area contributed by atoms with E-state index in [1.54, 1.807) is 44.3 Å². The number of amides is 11. The number of guanidine groups is 1. The van der Waals surface area contributed by atoms with Gasteiger partial charge in [0, 0.05) is 74.7 Å². The van der Waals surface area contributed by atoms with Gasteiger partial charge < -0.3 is 95.2 Å². The molecule has 20 N–H and O–H groups in total. The lowest BCUT2D eigenvalue weighted by Crippen LogP contribution is -2.61. The van der Waals surface area contributed by atoms with Crippen molar-refractivity contribution in [1.29, 1.82) is 0 Å². The average molecular weight is 1260 g/mol. The first kappa shape index (κ1) is 70.6. The molecule has 4 heterocycles. The van der Waals surface area contributed by atoms with Crippen LogP contribution < -0.4 is 65.1 Å². The topological polar surface area (TPSA) is 512 Å². The van der Waals surface area contributed by atoms with Crippen LogP contribution in [0.4, 0.5) is 0 Å². The molecule has 0 radical (unpaired) electrons. The van der Waals surface area contributed by atoms with E-state index in [4.69, 9.17) is 27.1 Å². The molecule has 0 saturated carbocycles. The van der Waals surface area contributed by atoms with Gasteiger partial charge in [-0.3, -0.25) is 62.5 Å². The van der Waals surface area contributed by atoms with Crippen LogP contribution in [0.5, 0.6) is 5.75 Å². The monoisotopic (exact) mass is 1260 g/mol. The van der Waals surface area contributed by atoms with Gasteiger partial charge in [0.1, 0.15) is 60.1 Å². The lowest BCUT2D eigenvalue weighted by molar-refractivity contribution is -0.142. The number of benzene rings is 2. The second-order valence-electron chi connectivity index (χ2n) is 22.1. The van der Waals surface area contributed by atoms with Crippen molar-refractivity contribution in [2.24, 2.45) is 28.1 Å². The first-order chi connectivity index (χ1) is 42.7. The number of aromatic amines is 2. The highest BCUT2D eigenvalue weighted by molar-refractivity contribution is 5.99. The van der Waals surface area contributed by atoms with E-state index in [2.05, 4.69) is 67.8 Å². The summed E-state index contributed by atoms with van der Waals surface area (Å²) in [6.07, 6.45) is 5.22. The minimum absolute atomic E-state index is 0.0120. The Bertz CT molecular complexity index is 3200. The fraction of sp³-hybridized carbons (Fsp3) is 0.483. The molecule has 90 heavy (non-hydrogen) atoms. The molecule has 0 spiro atoms. The second-order valence-corrected chi connectivity index (χ2v) is 22.1. The third kappa shape index (κ3) is 22.2. The van der Waals surface area contributed by atoms with E-state index in [-0.39, 0.29) is 94.4 Å². The maximum absolute atomic E-state index is 14.5. The number of aliphatic imine (C=N–C) groups is 1. The highest BCUT2D eigenvalue weighted by Crippen LogP contribution is 2.22. The molecule has 11 amide bonds. The number of aliphatic hydroxyl groups excluding tert-OH is 1. The minimum Gasteiger partial charge on any atom is -0.508 e. The van der Waals surface area contributed by atoms with E-state index in [9.17, 15) is 63.0 Å². The number of carbonyl (C=O) groups is 12. The second kappa shape index (κ2) is 34.4. The Morgan fingerprint density at radius 2 is 1.32 bits per heavy atom. The quantitative estimate of drug-likeness (QED) is 0.0130. The van der Waals surface area contributed by atoms with Gasteiger partial charge in [0.05, 0.1) is 19.5 Å². The van der Waals surface area contributed by atoms with E-state index < -0.39 is 133 Å². The molecule has 32 nitrogen and oxygen atoms in total. The summed E-state index contributed by atoms with van der Waals surface area (Å²) < 4.78 is 0. The zero-order valence-corrected chi connectivity index (χ0v) is 50.3. The van der Waals surface area contributed by atoms with Crippen molar-refractivity contribution in [3.8, 4) is 5.75 Å². The highest BCUT2D eigenvalue weighted by Gasteiger charge is 2.40. The molecule has 32 heteroatoms. The molecule has 2 aliphatic rings. The number of phenols is 1. The Hall–Kier alpha value is -10.1. The summed E-state index contributed by atoms with van der Waals surface area (Å²) >= 11 is 0. The average Bonchev–Trinajstić information content (AvgIpc) is 1.75. The number of aliphatic hydroxyl groups is 1. The summed E-state index contributed by atoms with van der Waals surface area (Å²) in [6.45, 7) is 4.76. The number of aromatic nitrogens is 3. The van der Waals surface area contributed by atoms with E-state index in [0.717, 1.165) is 6.92 Å². The number of imidazole rings is 1. The highest BCUT2D eigenvalue weighted by atomic mass is 16.4. The molecule has 488 valence electrons. The van der Waals surface area contributed by atoms with Gasteiger partial charge in [-0.25, -0.2) is 4.98 Å². The summed E-state index contributed by atoms with van der Waals surface area (Å²) in [5, 5.41) is 52.2. The first-order valence-electron chi connectivity index (χ1n) is 29.2. The fourth-order valence-electron chi connectivity index (χ4n) is 9.93. The number of nitrogens with two attached hydrogens (primary N) is 3. The van der Waals surface area contributed by atoms with Gasteiger partial charge in [-0.2, -0.15) is 0 Å². The van der Waals surface area contributed by atoms with E-state index in [1.807, 2.05) is 0 Å². The standard InChI is InChI=1S/C56H77N17O13.C2H4O2/c1-29(2)20-39(50(81)67-38(10-6-18-61-56(58)59)55(86)73-19-7-11-44(73)54(85)63-26-45(57)76)68-47(78)30(3)65-49(80)40(21-31-12-14-34(75)15-13-31)69-53(84)43(27-74)72-51(82)41(22-32-24-62-36-9-5-4-8-35(32)36)70-52(83)42(23-33-25-60-28-64-33)71-48(79)37-16-17-46(77)66-37;1-2(3)4/h4-5,8-9,12-15,24-25,28-30,37-44,62,74-75H,6-7,10-11,16-23,26-27H2,1-3H3,(H2,57,76)(H,60,64)(H,63,85)(H,65,80)(H,66,77)(H,67,81)(H,68,78)(H,69,84)(H,70,83)(H,71,79)(H,72,82)(H4,58,59,61);1H3,(H,3,4)/t30-,37+,38+,39+,40+,41+,42+,43+,44+;/m1./s1. The van der Waals surface area contributed by atoms with Crippen LogP contribution in [0.1, 0.15) is 89.5 Å². The van der Waals surface area contributed by atoms with Crippen molar-refractivity contribution in [3.05, 3.63) is 84.1 Å². The molecule has 6 rings (SSSR count). The normalized spacial score (nSPS) is 16.6. The molecule has 2 aromatic carbocycles. The number of phenolic OH excluding ortho intramolecular Hbond substituents is 1. The number of rotatable bonds is 31. The zero-order chi connectivity index (χ0) is 66.2. The molecule has 2 aromatic heterocycles. The number of aromatic hydroxyl groups is 1. The van der Waals surface area contributed by atoms with Crippen LogP contribution in [-0.4, -0.2) is 193 Å². The number of aliphatic carboxylic acids is 1. The van der Waals surface area contributed by atoms with Crippen molar-refractivity contribution >= 4 is 87.8 Å². The number of likely N-dealkylation sites (tertiary alicyclic amines) is 1. The van der Waals surface area contributed by atoms with E-state index in [1.165, 1.54) is 48.6 Å². The van der Waals surface area contributed by atoms with Gasteiger partial charge in [-0.05, 0) is 80.7 Å². The Morgan fingerprint density at radius 1 is 0.722 bits per heavy atom. The number of carboxylic acids is 1. The number of carboxylic acid groups (broad SMARTS) is 1. The lowest BCUT2D eigenvalue weighted by atomic mass is 10.0. The lowest BCUT2D eigenvalue weighted by Gasteiger charge is -2.30. The van der Waals surface area contributed by atoms with Crippen molar-refractivity contribution in [2.75, 3.05) is 26.2 Å². The van der Waals surface area contributed by atoms with Crippen LogP contribution in [0.2, 0.25) is 0 Å². The fourth-order valence-corrected chi connectivity index (χ4v) is 9.93. The minimum atomic E-state index is -1.76. The van der Waals surface area contributed by atoms with Gasteiger partial charge in [0.2, 0.25) is 65.0 Å². The maximum atomic E-state index is 14.5. The number of nitrogens with one attached hydrogen (secondary N) is 11. The van der Waals surface area contributed by atoms with Crippen molar-refractivity contribution in [3.63, 3.8) is 0 Å². The van der Waals surface area contributed by atoms with E-state index >= 15 is 0 Å². The molecule has 0 aliphatic carbocycles. The molecular formula is C58H81N17O15. The Labute approximate surface area is 517 Å². The number of fused-ring (bicyclic) bond motifs is 1. The number of primary amides is 1. The largest absolute Gasteiger partial charge is 0.508 e. The van der Waals surface area contributed by atoms with Gasteiger partial charge >= 0.3 is 0 Å². The maximum Gasteiger partial charge on any atom is 0.300 e. The molecule has 4 aromatic rings. The zero-order valence-electron chi connectivity index (χ0n) is 50.3. The molecular weight excluding hydrogens is 1170 g/mol. The van der Waals surface area contributed by atoms with Crippen molar-refractivity contribution in [2.45, 2.75) is 146 Å². The van der Waals surface area contributed by atoms with Crippen LogP contribution in [-0.2, 0) is 76.8 Å². The third-order valence-corrected chi connectivity index (χ3v) is 14.4. The van der Waals surface area contributed by atoms with Crippen LogP contribution in [0.3, 0.4) is 0 Å².